The van der Waals surface area contributed by atoms with Crippen LogP contribution in [0.2, 0.25) is 0 Å². The number of fused-ring (bicyclic) bond motifs is 1. The van der Waals surface area contributed by atoms with Crippen LogP contribution in [0.3, 0.4) is 0 Å². The number of nitrogens with zero attached hydrogens (tertiary/aromatic N) is 3. The first-order valence-electron chi connectivity index (χ1n) is 9.26. The van der Waals surface area contributed by atoms with Crippen molar-refractivity contribution in [3.8, 4) is 17.1 Å². The summed E-state index contributed by atoms with van der Waals surface area (Å²) in [6.45, 7) is 6.37. The van der Waals surface area contributed by atoms with Crippen molar-refractivity contribution in [3.05, 3.63) is 36.4 Å². The molecular weight excluding hydrogens is 370 g/mol. The Balaban J connectivity index is 1.88. The highest BCUT2D eigenvalue weighted by atomic mass is 16.5. The number of amides is 1. The van der Waals surface area contributed by atoms with Gasteiger partial charge in [-0.05, 0) is 24.3 Å². The van der Waals surface area contributed by atoms with E-state index in [1.54, 1.807) is 7.11 Å². The molecule has 0 radical (unpaired) electrons. The molecule has 0 bridgehead atoms. The van der Waals surface area contributed by atoms with Crippen molar-refractivity contribution >= 4 is 28.6 Å². The SMILES string of the molecule is COCCOc1nc(N)nc2ccc(-c3ccc(NC(=O)C(C)(C)C)cc3)nc12. The zero-order chi connectivity index (χ0) is 21.0. The van der Waals surface area contributed by atoms with E-state index in [0.29, 0.717) is 30.1 Å². The highest BCUT2D eigenvalue weighted by Crippen LogP contribution is 2.27. The number of carbonyl (C=O) groups excluding carboxylic acids is 1. The molecule has 2 aromatic heterocycles. The van der Waals surface area contributed by atoms with Gasteiger partial charge in [0.05, 0.1) is 17.8 Å². The van der Waals surface area contributed by atoms with Gasteiger partial charge in [0.25, 0.3) is 0 Å². The Bertz CT molecular complexity index is 1010. The van der Waals surface area contributed by atoms with Crippen LogP contribution < -0.4 is 15.8 Å². The third-order valence-corrected chi connectivity index (χ3v) is 4.17. The van der Waals surface area contributed by atoms with Crippen LogP contribution in [0.4, 0.5) is 11.6 Å². The van der Waals surface area contributed by atoms with Crippen LogP contribution in [0.25, 0.3) is 22.3 Å². The van der Waals surface area contributed by atoms with Crippen molar-refractivity contribution in [2.75, 3.05) is 31.4 Å². The molecule has 3 N–H and O–H groups in total. The zero-order valence-electron chi connectivity index (χ0n) is 17.0. The Morgan fingerprint density at radius 2 is 1.76 bits per heavy atom. The monoisotopic (exact) mass is 395 g/mol. The molecular formula is C21H25N5O3. The Labute approximate surface area is 169 Å². The summed E-state index contributed by atoms with van der Waals surface area (Å²) in [4.78, 5) is 25.2. The number of methoxy groups -OCH3 is 1. The van der Waals surface area contributed by atoms with E-state index in [0.717, 1.165) is 16.9 Å². The summed E-state index contributed by atoms with van der Waals surface area (Å²) >= 11 is 0. The lowest BCUT2D eigenvalue weighted by atomic mass is 9.95. The lowest BCUT2D eigenvalue weighted by Crippen LogP contribution is -2.27. The molecule has 8 heteroatoms. The van der Waals surface area contributed by atoms with Crippen LogP contribution >= 0.6 is 0 Å². The third kappa shape index (κ3) is 4.97. The number of hydrogen-bond donors (Lipinski definition) is 2. The lowest BCUT2D eigenvalue weighted by Gasteiger charge is -2.17. The summed E-state index contributed by atoms with van der Waals surface area (Å²) in [5.74, 6) is 0.403. The Morgan fingerprint density at radius 3 is 2.41 bits per heavy atom. The molecule has 8 nitrogen and oxygen atoms in total. The molecule has 0 aliphatic carbocycles. The number of aromatic nitrogens is 3. The number of nitrogens with one attached hydrogen (secondary N) is 1. The Kier molecular flexibility index (Phi) is 5.93. The molecule has 0 aliphatic heterocycles. The molecule has 0 aliphatic rings. The second-order valence-corrected chi connectivity index (χ2v) is 7.57. The maximum absolute atomic E-state index is 12.1. The molecule has 1 aromatic carbocycles. The van der Waals surface area contributed by atoms with E-state index >= 15 is 0 Å². The van der Waals surface area contributed by atoms with Crippen LogP contribution in [-0.4, -0.2) is 41.2 Å². The quantitative estimate of drug-likeness (QED) is 0.616. The summed E-state index contributed by atoms with van der Waals surface area (Å²) < 4.78 is 10.7. The molecule has 0 spiro atoms. The standard InChI is InChI=1S/C21H25N5O3/c1-21(2,3)19(27)23-14-7-5-13(6-8-14)15-9-10-16-17(24-15)18(26-20(22)25-16)29-12-11-28-4/h5-10H,11-12H2,1-4H3,(H,23,27)(H2,22,25,26). The van der Waals surface area contributed by atoms with E-state index in [-0.39, 0.29) is 11.9 Å². The van der Waals surface area contributed by atoms with Crippen molar-refractivity contribution in [2.24, 2.45) is 5.41 Å². The fraction of sp³-hybridized carbons (Fsp3) is 0.333. The van der Waals surface area contributed by atoms with E-state index < -0.39 is 5.41 Å². The summed E-state index contributed by atoms with van der Waals surface area (Å²) in [6.07, 6.45) is 0. The molecule has 3 rings (SSSR count). The average Bonchev–Trinajstić information content (AvgIpc) is 2.67. The minimum atomic E-state index is -0.459. The van der Waals surface area contributed by atoms with Crippen LogP contribution in [0.1, 0.15) is 20.8 Å². The minimum Gasteiger partial charge on any atom is -0.474 e. The maximum Gasteiger partial charge on any atom is 0.245 e. The molecule has 3 aromatic rings. The third-order valence-electron chi connectivity index (χ3n) is 4.17. The van der Waals surface area contributed by atoms with Gasteiger partial charge in [0.15, 0.2) is 5.52 Å². The second-order valence-electron chi connectivity index (χ2n) is 7.57. The highest BCUT2D eigenvalue weighted by Gasteiger charge is 2.21. The van der Waals surface area contributed by atoms with Crippen molar-refractivity contribution < 1.29 is 14.3 Å². The number of ether oxygens (including phenoxy) is 2. The summed E-state index contributed by atoms with van der Waals surface area (Å²) in [7, 11) is 1.60. The lowest BCUT2D eigenvalue weighted by molar-refractivity contribution is -0.123. The Hall–Kier alpha value is -3.26. The van der Waals surface area contributed by atoms with Gasteiger partial charge in [0.1, 0.15) is 6.61 Å². The fourth-order valence-corrected chi connectivity index (χ4v) is 2.53. The van der Waals surface area contributed by atoms with Gasteiger partial charge in [0, 0.05) is 23.8 Å². The number of benzene rings is 1. The van der Waals surface area contributed by atoms with Gasteiger partial charge in [-0.2, -0.15) is 4.98 Å². The molecule has 152 valence electrons. The van der Waals surface area contributed by atoms with Crippen LogP contribution in [0.15, 0.2) is 36.4 Å². The smallest absolute Gasteiger partial charge is 0.245 e. The molecule has 29 heavy (non-hydrogen) atoms. The van der Waals surface area contributed by atoms with Gasteiger partial charge in [-0.1, -0.05) is 32.9 Å². The van der Waals surface area contributed by atoms with Gasteiger partial charge < -0.3 is 20.5 Å². The summed E-state index contributed by atoms with van der Waals surface area (Å²) in [5, 5.41) is 2.91. The second kappa shape index (κ2) is 8.40. The molecule has 1 amide bonds. The zero-order valence-corrected chi connectivity index (χ0v) is 17.0. The predicted octanol–water partition coefficient (Wildman–Crippen LogP) is 3.28. The number of nitrogen functional groups attached to an aromatic ring is 1. The molecule has 0 saturated carbocycles. The first kappa shape index (κ1) is 20.5. The van der Waals surface area contributed by atoms with Crippen molar-refractivity contribution in [2.45, 2.75) is 20.8 Å². The van der Waals surface area contributed by atoms with E-state index in [4.69, 9.17) is 15.2 Å². The Morgan fingerprint density at radius 1 is 1.03 bits per heavy atom. The first-order valence-corrected chi connectivity index (χ1v) is 9.26. The average molecular weight is 395 g/mol. The summed E-state index contributed by atoms with van der Waals surface area (Å²) in [5.41, 5.74) is 8.79. The first-order chi connectivity index (χ1) is 13.8. The number of carbonyl (C=O) groups is 1. The molecule has 0 atom stereocenters. The molecule has 0 unspecified atom stereocenters. The van der Waals surface area contributed by atoms with Crippen LogP contribution in [0, 0.1) is 5.41 Å². The van der Waals surface area contributed by atoms with Crippen molar-refractivity contribution in [1.82, 2.24) is 15.0 Å². The molecule has 2 heterocycles. The van der Waals surface area contributed by atoms with E-state index in [1.807, 2.05) is 57.2 Å². The van der Waals surface area contributed by atoms with E-state index in [9.17, 15) is 4.79 Å². The molecule has 0 saturated heterocycles. The maximum atomic E-state index is 12.1. The summed E-state index contributed by atoms with van der Waals surface area (Å²) in [6, 6.07) is 11.2. The number of pyridine rings is 1. The van der Waals surface area contributed by atoms with Crippen LogP contribution in [-0.2, 0) is 9.53 Å². The number of nitrogens with two attached hydrogens (primary N) is 1. The minimum absolute atomic E-state index is 0.0401. The van der Waals surface area contributed by atoms with Crippen molar-refractivity contribution in [1.29, 1.82) is 0 Å². The van der Waals surface area contributed by atoms with E-state index in [2.05, 4.69) is 20.3 Å². The number of hydrogen-bond acceptors (Lipinski definition) is 7. The van der Waals surface area contributed by atoms with Gasteiger partial charge in [-0.15, -0.1) is 0 Å². The molecule has 0 fully saturated rings. The van der Waals surface area contributed by atoms with Gasteiger partial charge in [-0.3, -0.25) is 4.79 Å². The van der Waals surface area contributed by atoms with Crippen molar-refractivity contribution in [3.63, 3.8) is 0 Å². The van der Waals surface area contributed by atoms with Gasteiger partial charge >= 0.3 is 0 Å². The largest absolute Gasteiger partial charge is 0.474 e. The van der Waals surface area contributed by atoms with Crippen LogP contribution in [0.5, 0.6) is 5.88 Å². The predicted molar refractivity (Wildman–Crippen MR) is 113 cm³/mol. The van der Waals surface area contributed by atoms with Gasteiger partial charge in [-0.25, -0.2) is 9.97 Å². The normalized spacial score (nSPS) is 11.4. The number of rotatable bonds is 6. The topological polar surface area (TPSA) is 112 Å². The van der Waals surface area contributed by atoms with E-state index in [1.165, 1.54) is 0 Å². The highest BCUT2D eigenvalue weighted by molar-refractivity contribution is 5.94. The van der Waals surface area contributed by atoms with Gasteiger partial charge in [0.2, 0.25) is 17.7 Å². The fourth-order valence-electron chi connectivity index (χ4n) is 2.53. The number of anilines is 2.